The quantitative estimate of drug-likeness (QED) is 0.291. The van der Waals surface area contributed by atoms with Crippen molar-refractivity contribution in [2.75, 3.05) is 32.8 Å². The second kappa shape index (κ2) is 10.7. The van der Waals surface area contributed by atoms with Crippen molar-refractivity contribution in [3.63, 3.8) is 0 Å². The Hall–Kier alpha value is -2.19. The third-order valence-corrected chi connectivity index (χ3v) is 5.71. The lowest BCUT2D eigenvalue weighted by Gasteiger charge is -2.29. The molecular formula is C22H33FN4O3. The molecule has 0 aromatic heterocycles. The highest BCUT2D eigenvalue weighted by Gasteiger charge is 2.25. The first-order valence-corrected chi connectivity index (χ1v) is 11.0. The number of nitrogens with one attached hydrogen (secondary N) is 2. The second-order valence-corrected chi connectivity index (χ2v) is 8.15. The number of hydrogen-bond acceptors (Lipinski definition) is 5. The molecule has 1 unspecified atom stereocenters. The van der Waals surface area contributed by atoms with Crippen LogP contribution in [0.2, 0.25) is 0 Å². The van der Waals surface area contributed by atoms with Crippen LogP contribution in [0.3, 0.4) is 0 Å². The lowest BCUT2D eigenvalue weighted by Crippen LogP contribution is -2.40. The van der Waals surface area contributed by atoms with Crippen LogP contribution in [0.4, 0.5) is 9.18 Å². The topological polar surface area (TPSA) is 73.9 Å². The summed E-state index contributed by atoms with van der Waals surface area (Å²) in [4.78, 5) is 24.2. The SMILES string of the molecule is CCN(NCCCCCN1CC(=O)NC1=O)C(C)c1ccc(F)c(OCC2CC2)c1. The maximum absolute atomic E-state index is 14.1. The van der Waals surface area contributed by atoms with E-state index in [0.717, 1.165) is 37.9 Å². The van der Waals surface area contributed by atoms with Crippen molar-refractivity contribution >= 4 is 11.9 Å². The molecule has 166 valence electrons. The molecule has 1 aromatic rings. The number of urea groups is 1. The molecule has 3 rings (SSSR count). The molecule has 8 heteroatoms. The average molecular weight is 421 g/mol. The number of ether oxygens (including phenoxy) is 1. The molecule has 1 aliphatic heterocycles. The van der Waals surface area contributed by atoms with Gasteiger partial charge in [-0.3, -0.25) is 15.5 Å². The lowest BCUT2D eigenvalue weighted by atomic mass is 10.1. The van der Waals surface area contributed by atoms with E-state index < -0.39 is 0 Å². The molecule has 1 heterocycles. The number of rotatable bonds is 13. The van der Waals surface area contributed by atoms with E-state index in [2.05, 4.69) is 29.6 Å². The molecule has 1 aliphatic carbocycles. The van der Waals surface area contributed by atoms with Crippen LogP contribution in [-0.4, -0.2) is 54.6 Å². The van der Waals surface area contributed by atoms with Crippen LogP contribution < -0.4 is 15.5 Å². The smallest absolute Gasteiger partial charge is 0.324 e. The summed E-state index contributed by atoms with van der Waals surface area (Å²) in [7, 11) is 0. The number of hydrogen-bond donors (Lipinski definition) is 2. The summed E-state index contributed by atoms with van der Waals surface area (Å²) in [5.74, 6) is 0.387. The fraction of sp³-hybridized carbons (Fsp3) is 0.636. The van der Waals surface area contributed by atoms with Gasteiger partial charge in [0.15, 0.2) is 11.6 Å². The monoisotopic (exact) mass is 420 g/mol. The summed E-state index contributed by atoms with van der Waals surface area (Å²) in [6.07, 6.45) is 5.14. The Morgan fingerprint density at radius 1 is 1.30 bits per heavy atom. The number of hydrazine groups is 1. The van der Waals surface area contributed by atoms with Gasteiger partial charge in [-0.25, -0.2) is 14.2 Å². The van der Waals surface area contributed by atoms with Crippen LogP contribution in [0, 0.1) is 11.7 Å². The molecule has 2 fully saturated rings. The summed E-state index contributed by atoms with van der Waals surface area (Å²) < 4.78 is 19.7. The Labute approximate surface area is 177 Å². The zero-order valence-corrected chi connectivity index (χ0v) is 18.0. The first-order valence-electron chi connectivity index (χ1n) is 11.0. The summed E-state index contributed by atoms with van der Waals surface area (Å²) in [5.41, 5.74) is 4.47. The molecule has 7 nitrogen and oxygen atoms in total. The van der Waals surface area contributed by atoms with Gasteiger partial charge >= 0.3 is 6.03 Å². The Bertz CT molecular complexity index is 741. The van der Waals surface area contributed by atoms with E-state index in [9.17, 15) is 14.0 Å². The molecule has 1 aromatic carbocycles. The number of imide groups is 1. The molecule has 2 N–H and O–H groups in total. The first kappa shape index (κ1) is 22.5. The van der Waals surface area contributed by atoms with Crippen molar-refractivity contribution in [3.05, 3.63) is 29.6 Å². The summed E-state index contributed by atoms with van der Waals surface area (Å²) in [6.45, 7) is 7.17. The minimum absolute atomic E-state index is 0.0817. The van der Waals surface area contributed by atoms with Gasteiger partial charge in [0, 0.05) is 25.7 Å². The summed E-state index contributed by atoms with van der Waals surface area (Å²) in [5, 5.41) is 4.43. The highest BCUT2D eigenvalue weighted by atomic mass is 19.1. The van der Waals surface area contributed by atoms with Gasteiger partial charge in [-0.2, -0.15) is 0 Å². The standard InChI is InChI=1S/C22H33FN4O3/c1-3-27(24-11-5-4-6-12-26-14-21(28)25-22(26)29)16(2)18-9-10-19(23)20(13-18)30-15-17-7-8-17/h9-10,13,16-17,24H,3-8,11-12,14-15H2,1-2H3,(H,25,28,29). The number of benzene rings is 1. The van der Waals surface area contributed by atoms with Crippen LogP contribution in [-0.2, 0) is 4.79 Å². The van der Waals surface area contributed by atoms with E-state index in [-0.39, 0.29) is 30.3 Å². The van der Waals surface area contributed by atoms with Crippen LogP contribution in [0.1, 0.15) is 57.6 Å². The molecule has 0 bridgehead atoms. The summed E-state index contributed by atoms with van der Waals surface area (Å²) >= 11 is 0. The fourth-order valence-electron chi connectivity index (χ4n) is 3.58. The summed E-state index contributed by atoms with van der Waals surface area (Å²) in [6, 6.07) is 4.91. The molecule has 2 aliphatic rings. The molecule has 0 radical (unpaired) electrons. The molecular weight excluding hydrogens is 387 g/mol. The lowest BCUT2D eigenvalue weighted by molar-refractivity contribution is -0.118. The maximum Gasteiger partial charge on any atom is 0.324 e. The van der Waals surface area contributed by atoms with Crippen molar-refractivity contribution in [3.8, 4) is 5.75 Å². The molecule has 0 spiro atoms. The predicted molar refractivity (Wildman–Crippen MR) is 112 cm³/mol. The highest BCUT2D eigenvalue weighted by molar-refractivity contribution is 6.01. The number of amides is 3. The van der Waals surface area contributed by atoms with Crippen LogP contribution in [0.5, 0.6) is 5.75 Å². The number of carbonyl (C=O) groups excluding carboxylic acids is 2. The van der Waals surface area contributed by atoms with Gasteiger partial charge < -0.3 is 9.64 Å². The van der Waals surface area contributed by atoms with Gasteiger partial charge in [-0.1, -0.05) is 19.4 Å². The zero-order chi connectivity index (χ0) is 21.5. The normalized spacial score (nSPS) is 17.5. The number of unbranched alkanes of at least 4 members (excludes halogenated alkanes) is 2. The Balaban J connectivity index is 1.39. The van der Waals surface area contributed by atoms with E-state index in [1.807, 2.05) is 12.1 Å². The van der Waals surface area contributed by atoms with Crippen LogP contribution >= 0.6 is 0 Å². The average Bonchev–Trinajstić information content (AvgIpc) is 3.50. The minimum Gasteiger partial charge on any atom is -0.490 e. The van der Waals surface area contributed by atoms with Crippen molar-refractivity contribution in [2.45, 2.75) is 52.0 Å². The van der Waals surface area contributed by atoms with Crippen molar-refractivity contribution in [1.29, 1.82) is 0 Å². The Morgan fingerprint density at radius 3 is 2.77 bits per heavy atom. The van der Waals surface area contributed by atoms with Crippen molar-refractivity contribution in [1.82, 2.24) is 20.7 Å². The van der Waals surface area contributed by atoms with Crippen molar-refractivity contribution in [2.24, 2.45) is 5.92 Å². The van der Waals surface area contributed by atoms with Gasteiger partial charge in [-0.05, 0) is 56.2 Å². The fourth-order valence-corrected chi connectivity index (χ4v) is 3.58. The van der Waals surface area contributed by atoms with Crippen LogP contribution in [0.25, 0.3) is 0 Å². The number of nitrogens with zero attached hydrogens (tertiary/aromatic N) is 2. The van der Waals surface area contributed by atoms with Gasteiger partial charge in [-0.15, -0.1) is 0 Å². The Morgan fingerprint density at radius 2 is 2.10 bits per heavy atom. The van der Waals surface area contributed by atoms with E-state index in [4.69, 9.17) is 4.74 Å². The molecule has 1 saturated carbocycles. The van der Waals surface area contributed by atoms with Crippen molar-refractivity contribution < 1.29 is 18.7 Å². The third kappa shape index (κ3) is 6.40. The minimum atomic E-state index is -0.309. The molecule has 30 heavy (non-hydrogen) atoms. The number of carbonyl (C=O) groups is 2. The number of halogens is 1. The predicted octanol–water partition coefficient (Wildman–Crippen LogP) is 3.22. The van der Waals surface area contributed by atoms with E-state index in [1.54, 1.807) is 4.90 Å². The van der Waals surface area contributed by atoms with E-state index in [1.165, 1.54) is 18.9 Å². The largest absolute Gasteiger partial charge is 0.490 e. The highest BCUT2D eigenvalue weighted by Crippen LogP contribution is 2.31. The van der Waals surface area contributed by atoms with Gasteiger partial charge in [0.1, 0.15) is 6.54 Å². The Kier molecular flexibility index (Phi) is 8.04. The molecule has 1 saturated heterocycles. The van der Waals surface area contributed by atoms with E-state index >= 15 is 0 Å². The van der Waals surface area contributed by atoms with Gasteiger partial charge in [0.2, 0.25) is 5.91 Å². The second-order valence-electron chi connectivity index (χ2n) is 8.15. The van der Waals surface area contributed by atoms with E-state index in [0.29, 0.717) is 24.8 Å². The maximum atomic E-state index is 14.1. The zero-order valence-electron chi connectivity index (χ0n) is 18.0. The molecule has 3 amide bonds. The van der Waals surface area contributed by atoms with Crippen LogP contribution in [0.15, 0.2) is 18.2 Å². The van der Waals surface area contributed by atoms with Gasteiger partial charge in [0.25, 0.3) is 0 Å². The molecule has 1 atom stereocenters. The third-order valence-electron chi connectivity index (χ3n) is 5.71. The first-order chi connectivity index (χ1) is 14.5. The van der Waals surface area contributed by atoms with Gasteiger partial charge in [0.05, 0.1) is 6.61 Å².